The predicted octanol–water partition coefficient (Wildman–Crippen LogP) is 2.76. The third-order valence-corrected chi connectivity index (χ3v) is 5.79. The lowest BCUT2D eigenvalue weighted by Crippen LogP contribution is -2.57. The summed E-state index contributed by atoms with van der Waals surface area (Å²) in [6, 6.07) is 8.01. The van der Waals surface area contributed by atoms with Crippen LogP contribution in [0.4, 0.5) is 4.79 Å². The zero-order valence-corrected chi connectivity index (χ0v) is 16.3. The van der Waals surface area contributed by atoms with Gasteiger partial charge in [-0.2, -0.15) is 0 Å². The molecule has 27 heavy (non-hydrogen) atoms. The van der Waals surface area contributed by atoms with E-state index in [2.05, 4.69) is 5.32 Å². The van der Waals surface area contributed by atoms with Crippen molar-refractivity contribution in [2.24, 2.45) is 5.92 Å². The first-order valence-corrected chi connectivity index (χ1v) is 9.89. The van der Waals surface area contributed by atoms with Gasteiger partial charge in [0.1, 0.15) is 0 Å². The molecule has 2 atom stereocenters. The molecule has 0 bridgehead atoms. The SMILES string of the molecule is CCCCC1(C(=O)O)CNC(=O)N1C(=O)[C@H](C)CSC(=O)c1ccccc1. The number of carbonyl (C=O) groups excluding carboxylic acids is 3. The first-order valence-electron chi connectivity index (χ1n) is 8.91. The Balaban J connectivity index is 2.09. The largest absolute Gasteiger partial charge is 0.479 e. The second-order valence-corrected chi connectivity index (χ2v) is 7.63. The van der Waals surface area contributed by atoms with Gasteiger partial charge in [-0.1, -0.05) is 68.8 Å². The van der Waals surface area contributed by atoms with E-state index in [1.807, 2.05) is 6.92 Å². The van der Waals surface area contributed by atoms with Gasteiger partial charge in [-0.15, -0.1) is 0 Å². The number of nitrogens with zero attached hydrogens (tertiary/aromatic N) is 1. The standard InChI is InChI=1S/C19H24N2O5S/c1-3-4-10-19(17(24)25)12-20-18(26)21(19)15(22)13(2)11-27-16(23)14-8-6-5-7-9-14/h5-9,13H,3-4,10-12H2,1-2H3,(H,20,26)(H,24,25)/t13-,19?/m1/s1. The summed E-state index contributed by atoms with van der Waals surface area (Å²) in [4.78, 5) is 50.1. The van der Waals surface area contributed by atoms with Gasteiger partial charge in [0, 0.05) is 17.2 Å². The van der Waals surface area contributed by atoms with E-state index < -0.39 is 29.4 Å². The highest BCUT2D eigenvalue weighted by molar-refractivity contribution is 8.14. The van der Waals surface area contributed by atoms with Crippen molar-refractivity contribution in [1.29, 1.82) is 0 Å². The summed E-state index contributed by atoms with van der Waals surface area (Å²) >= 11 is 0.987. The van der Waals surface area contributed by atoms with Crippen LogP contribution in [0.3, 0.4) is 0 Å². The van der Waals surface area contributed by atoms with E-state index in [1.165, 1.54) is 0 Å². The lowest BCUT2D eigenvalue weighted by atomic mass is 9.91. The molecule has 1 unspecified atom stereocenters. The molecule has 1 fully saturated rings. The van der Waals surface area contributed by atoms with Crippen LogP contribution in [0.15, 0.2) is 30.3 Å². The van der Waals surface area contributed by atoms with Gasteiger partial charge in [-0.25, -0.2) is 14.5 Å². The van der Waals surface area contributed by atoms with E-state index in [4.69, 9.17) is 0 Å². The second kappa shape index (κ2) is 9.03. The van der Waals surface area contributed by atoms with Crippen molar-refractivity contribution < 1.29 is 24.3 Å². The molecule has 0 aromatic heterocycles. The van der Waals surface area contributed by atoms with Gasteiger partial charge in [-0.3, -0.25) is 9.59 Å². The number of amides is 3. The van der Waals surface area contributed by atoms with Crippen LogP contribution in [0.1, 0.15) is 43.5 Å². The molecule has 8 heteroatoms. The smallest absolute Gasteiger partial charge is 0.332 e. The summed E-state index contributed by atoms with van der Waals surface area (Å²) in [6.45, 7) is 3.42. The van der Waals surface area contributed by atoms with Crippen LogP contribution in [0.2, 0.25) is 0 Å². The molecule has 2 N–H and O–H groups in total. The van der Waals surface area contributed by atoms with Crippen LogP contribution in [-0.4, -0.2) is 50.9 Å². The molecule has 1 saturated heterocycles. The van der Waals surface area contributed by atoms with Gasteiger partial charge in [-0.05, 0) is 6.42 Å². The van der Waals surface area contributed by atoms with E-state index in [-0.39, 0.29) is 23.8 Å². The summed E-state index contributed by atoms with van der Waals surface area (Å²) < 4.78 is 0. The molecule has 0 radical (unpaired) electrons. The molecule has 0 saturated carbocycles. The molecule has 1 aliphatic heterocycles. The van der Waals surface area contributed by atoms with E-state index in [1.54, 1.807) is 37.3 Å². The van der Waals surface area contributed by atoms with Crippen molar-refractivity contribution in [3.63, 3.8) is 0 Å². The number of aliphatic carboxylic acids is 1. The Hall–Kier alpha value is -2.35. The van der Waals surface area contributed by atoms with E-state index >= 15 is 0 Å². The molecule has 0 spiro atoms. The third kappa shape index (κ3) is 4.50. The number of imide groups is 1. The van der Waals surface area contributed by atoms with Crippen LogP contribution in [0.5, 0.6) is 0 Å². The molecule has 1 heterocycles. The number of hydrogen-bond acceptors (Lipinski definition) is 5. The van der Waals surface area contributed by atoms with Gasteiger partial charge in [0.15, 0.2) is 5.54 Å². The number of hydrogen-bond donors (Lipinski definition) is 2. The Kier molecular flexibility index (Phi) is 7.01. The number of carboxylic acids is 1. The second-order valence-electron chi connectivity index (χ2n) is 6.64. The van der Waals surface area contributed by atoms with Gasteiger partial charge in [0.05, 0.1) is 6.54 Å². The summed E-state index contributed by atoms with van der Waals surface area (Å²) in [5, 5.41) is 12.0. The molecule has 7 nitrogen and oxygen atoms in total. The van der Waals surface area contributed by atoms with Gasteiger partial charge >= 0.3 is 12.0 Å². The molecule has 1 aromatic rings. The highest BCUT2D eigenvalue weighted by Crippen LogP contribution is 2.30. The van der Waals surface area contributed by atoms with Gasteiger partial charge in [0.25, 0.3) is 0 Å². The number of thioether (sulfide) groups is 1. The normalized spacial score (nSPS) is 20.2. The minimum absolute atomic E-state index is 0.101. The number of carbonyl (C=O) groups is 4. The molecule has 146 valence electrons. The highest BCUT2D eigenvalue weighted by Gasteiger charge is 2.54. The number of nitrogens with one attached hydrogen (secondary N) is 1. The Labute approximate surface area is 162 Å². The monoisotopic (exact) mass is 392 g/mol. The number of carboxylic acid groups (broad SMARTS) is 1. The fourth-order valence-electron chi connectivity index (χ4n) is 2.98. The molecule has 1 aromatic carbocycles. The van der Waals surface area contributed by atoms with Crippen molar-refractivity contribution in [3.05, 3.63) is 35.9 Å². The Bertz CT molecular complexity index is 724. The van der Waals surface area contributed by atoms with Crippen molar-refractivity contribution in [1.82, 2.24) is 10.2 Å². The molecule has 0 aliphatic carbocycles. The number of unbranched alkanes of at least 4 members (excludes halogenated alkanes) is 1. The Morgan fingerprint density at radius 3 is 2.56 bits per heavy atom. The van der Waals surface area contributed by atoms with Gasteiger partial charge in [0.2, 0.25) is 11.0 Å². The van der Waals surface area contributed by atoms with Gasteiger partial charge < -0.3 is 10.4 Å². The summed E-state index contributed by atoms with van der Waals surface area (Å²) in [7, 11) is 0. The number of urea groups is 1. The fourth-order valence-corrected chi connectivity index (χ4v) is 3.83. The minimum atomic E-state index is -1.56. The third-order valence-electron chi connectivity index (χ3n) is 4.62. The lowest BCUT2D eigenvalue weighted by Gasteiger charge is -2.33. The van der Waals surface area contributed by atoms with Crippen LogP contribution in [-0.2, 0) is 9.59 Å². The quantitative estimate of drug-likeness (QED) is 0.705. The Morgan fingerprint density at radius 1 is 1.30 bits per heavy atom. The lowest BCUT2D eigenvalue weighted by molar-refractivity contribution is -0.155. The minimum Gasteiger partial charge on any atom is -0.479 e. The molecule has 1 aliphatic rings. The molecule has 2 rings (SSSR count). The number of rotatable bonds is 8. The predicted molar refractivity (Wildman–Crippen MR) is 103 cm³/mol. The summed E-state index contributed by atoms with van der Waals surface area (Å²) in [5.41, 5.74) is -1.03. The van der Waals surface area contributed by atoms with Crippen molar-refractivity contribution in [3.8, 4) is 0 Å². The van der Waals surface area contributed by atoms with Crippen LogP contribution in [0.25, 0.3) is 0 Å². The van der Waals surface area contributed by atoms with Crippen molar-refractivity contribution in [2.75, 3.05) is 12.3 Å². The Morgan fingerprint density at radius 2 is 1.96 bits per heavy atom. The maximum atomic E-state index is 12.9. The first kappa shape index (κ1) is 21.0. The summed E-state index contributed by atoms with van der Waals surface area (Å²) in [6.07, 6.45) is 1.54. The molecular weight excluding hydrogens is 368 g/mol. The van der Waals surface area contributed by atoms with Crippen LogP contribution >= 0.6 is 11.8 Å². The molecular formula is C19H24N2O5S. The van der Waals surface area contributed by atoms with E-state index in [0.29, 0.717) is 12.0 Å². The summed E-state index contributed by atoms with van der Waals surface area (Å²) in [5.74, 6) is -2.27. The maximum absolute atomic E-state index is 12.9. The highest BCUT2D eigenvalue weighted by atomic mass is 32.2. The van der Waals surface area contributed by atoms with Crippen LogP contribution in [0, 0.1) is 5.92 Å². The average molecular weight is 392 g/mol. The van der Waals surface area contributed by atoms with Crippen LogP contribution < -0.4 is 5.32 Å². The fraction of sp³-hybridized carbons (Fsp3) is 0.474. The first-order chi connectivity index (χ1) is 12.8. The number of benzene rings is 1. The zero-order valence-electron chi connectivity index (χ0n) is 15.4. The maximum Gasteiger partial charge on any atom is 0.332 e. The average Bonchev–Trinajstić information content (AvgIpc) is 3.01. The van der Waals surface area contributed by atoms with E-state index in [0.717, 1.165) is 23.1 Å². The molecule has 3 amide bonds. The van der Waals surface area contributed by atoms with Crippen molar-refractivity contribution in [2.45, 2.75) is 38.6 Å². The zero-order chi connectivity index (χ0) is 20.0. The van der Waals surface area contributed by atoms with E-state index in [9.17, 15) is 24.3 Å². The topological polar surface area (TPSA) is 104 Å². The van der Waals surface area contributed by atoms with Crippen molar-refractivity contribution >= 4 is 34.8 Å².